The molecule has 2 atom stereocenters. The van der Waals surface area contributed by atoms with Gasteiger partial charge in [-0.3, -0.25) is 4.79 Å². The Bertz CT molecular complexity index is 245. The Kier molecular flexibility index (Phi) is 2.55. The summed E-state index contributed by atoms with van der Waals surface area (Å²) in [4.78, 5) is 12.0. The van der Waals surface area contributed by atoms with Gasteiger partial charge >= 0.3 is 0 Å². The fourth-order valence-corrected chi connectivity index (χ4v) is 3.67. The summed E-state index contributed by atoms with van der Waals surface area (Å²) in [6, 6.07) is 0. The number of fused-ring (bicyclic) bond motifs is 1. The van der Waals surface area contributed by atoms with E-state index in [1.54, 1.807) is 0 Å². The summed E-state index contributed by atoms with van der Waals surface area (Å²) < 4.78 is 5.32. The summed E-state index contributed by atoms with van der Waals surface area (Å²) in [5.41, 5.74) is 0. The van der Waals surface area contributed by atoms with Gasteiger partial charge in [0.2, 0.25) is 0 Å². The van der Waals surface area contributed by atoms with Gasteiger partial charge in [-0.2, -0.15) is 0 Å². The van der Waals surface area contributed by atoms with Crippen LogP contribution in [0.4, 0.5) is 0 Å². The normalized spacial score (nSPS) is 40.1. The highest BCUT2D eigenvalue weighted by molar-refractivity contribution is 5.84. The van der Waals surface area contributed by atoms with E-state index in [0.717, 1.165) is 44.3 Å². The number of hydrogen-bond acceptors (Lipinski definition) is 2. The molecule has 2 heteroatoms. The molecule has 0 aromatic carbocycles. The van der Waals surface area contributed by atoms with Crippen molar-refractivity contribution in [2.45, 2.75) is 38.5 Å². The standard InChI is InChI=1S/C13H20O2/c14-12(8-9-4-6-15-7-5-9)13-10-2-1-3-11(10)13/h9-11,13H,1-8H2. The number of ketones is 1. The van der Waals surface area contributed by atoms with Crippen molar-refractivity contribution in [3.05, 3.63) is 0 Å². The van der Waals surface area contributed by atoms with E-state index in [9.17, 15) is 4.79 Å². The monoisotopic (exact) mass is 208 g/mol. The molecule has 0 aromatic rings. The molecule has 2 aliphatic carbocycles. The van der Waals surface area contributed by atoms with Crippen LogP contribution in [-0.4, -0.2) is 19.0 Å². The first-order valence-electron chi connectivity index (χ1n) is 6.46. The van der Waals surface area contributed by atoms with E-state index in [2.05, 4.69) is 0 Å². The molecule has 2 saturated carbocycles. The van der Waals surface area contributed by atoms with Crippen LogP contribution in [0.5, 0.6) is 0 Å². The summed E-state index contributed by atoms with van der Waals surface area (Å²) in [6.45, 7) is 1.74. The van der Waals surface area contributed by atoms with E-state index in [-0.39, 0.29) is 0 Å². The van der Waals surface area contributed by atoms with E-state index in [1.165, 1.54) is 19.3 Å². The van der Waals surface area contributed by atoms with Gasteiger partial charge in [0.15, 0.2) is 0 Å². The van der Waals surface area contributed by atoms with Crippen molar-refractivity contribution in [3.63, 3.8) is 0 Å². The summed E-state index contributed by atoms with van der Waals surface area (Å²) >= 11 is 0. The van der Waals surface area contributed by atoms with Gasteiger partial charge in [0, 0.05) is 25.6 Å². The number of Topliss-reactive ketones (excluding diaryl/α,β-unsaturated/α-hetero) is 1. The summed E-state index contributed by atoms with van der Waals surface area (Å²) in [7, 11) is 0. The molecule has 1 saturated heterocycles. The molecule has 0 amide bonds. The highest BCUT2D eigenvalue weighted by Gasteiger charge is 2.55. The van der Waals surface area contributed by atoms with Gasteiger partial charge in [0.1, 0.15) is 5.78 Å². The lowest BCUT2D eigenvalue weighted by atomic mass is 9.91. The van der Waals surface area contributed by atoms with E-state index >= 15 is 0 Å². The predicted molar refractivity (Wildman–Crippen MR) is 57.5 cm³/mol. The maximum atomic E-state index is 12.0. The lowest BCUT2D eigenvalue weighted by molar-refractivity contribution is -0.122. The van der Waals surface area contributed by atoms with Crippen LogP contribution in [0.25, 0.3) is 0 Å². The number of carbonyl (C=O) groups is 1. The van der Waals surface area contributed by atoms with Gasteiger partial charge in [0.25, 0.3) is 0 Å². The Balaban J connectivity index is 1.49. The lowest BCUT2D eigenvalue weighted by Gasteiger charge is -2.21. The van der Waals surface area contributed by atoms with Crippen LogP contribution in [0.3, 0.4) is 0 Å². The first-order chi connectivity index (χ1) is 7.36. The highest BCUT2D eigenvalue weighted by Crippen LogP contribution is 2.58. The average Bonchev–Trinajstić information content (AvgIpc) is 2.75. The molecule has 84 valence electrons. The second-order valence-electron chi connectivity index (χ2n) is 5.51. The van der Waals surface area contributed by atoms with Gasteiger partial charge in [-0.15, -0.1) is 0 Å². The van der Waals surface area contributed by atoms with Crippen molar-refractivity contribution < 1.29 is 9.53 Å². The van der Waals surface area contributed by atoms with E-state index < -0.39 is 0 Å². The Hall–Kier alpha value is -0.370. The highest BCUT2D eigenvalue weighted by atomic mass is 16.5. The molecule has 2 nitrogen and oxygen atoms in total. The fourth-order valence-electron chi connectivity index (χ4n) is 3.67. The minimum atomic E-state index is 0.488. The molecule has 1 aliphatic heterocycles. The molecule has 0 aromatic heterocycles. The molecule has 0 spiro atoms. The predicted octanol–water partition coefficient (Wildman–Crippen LogP) is 2.42. The Morgan fingerprint density at radius 3 is 2.40 bits per heavy atom. The van der Waals surface area contributed by atoms with Crippen molar-refractivity contribution in [2.24, 2.45) is 23.7 Å². The molecule has 15 heavy (non-hydrogen) atoms. The Morgan fingerprint density at radius 2 is 1.73 bits per heavy atom. The van der Waals surface area contributed by atoms with Crippen molar-refractivity contribution in [3.8, 4) is 0 Å². The van der Waals surface area contributed by atoms with Crippen LogP contribution in [0, 0.1) is 23.7 Å². The van der Waals surface area contributed by atoms with Crippen LogP contribution < -0.4 is 0 Å². The molecule has 2 unspecified atom stereocenters. The molecule has 0 radical (unpaired) electrons. The van der Waals surface area contributed by atoms with Crippen molar-refractivity contribution in [2.75, 3.05) is 13.2 Å². The first kappa shape index (κ1) is 9.83. The maximum Gasteiger partial charge on any atom is 0.136 e. The third-order valence-electron chi connectivity index (χ3n) is 4.61. The maximum absolute atomic E-state index is 12.0. The summed E-state index contributed by atoms with van der Waals surface area (Å²) in [5, 5.41) is 0. The summed E-state index contributed by atoms with van der Waals surface area (Å²) in [5.74, 6) is 3.31. The molecule has 3 rings (SSSR count). The molecular weight excluding hydrogens is 188 g/mol. The topological polar surface area (TPSA) is 26.3 Å². The molecule has 0 N–H and O–H groups in total. The second kappa shape index (κ2) is 3.89. The van der Waals surface area contributed by atoms with E-state index in [0.29, 0.717) is 17.6 Å². The zero-order valence-corrected chi connectivity index (χ0v) is 9.28. The Morgan fingerprint density at radius 1 is 1.07 bits per heavy atom. The molecule has 1 heterocycles. The minimum absolute atomic E-state index is 0.488. The van der Waals surface area contributed by atoms with Gasteiger partial charge in [-0.25, -0.2) is 0 Å². The van der Waals surface area contributed by atoms with E-state index in [4.69, 9.17) is 4.74 Å². The third kappa shape index (κ3) is 1.84. The zero-order valence-electron chi connectivity index (χ0n) is 9.28. The first-order valence-corrected chi connectivity index (χ1v) is 6.46. The van der Waals surface area contributed by atoms with Gasteiger partial charge < -0.3 is 4.74 Å². The fraction of sp³-hybridized carbons (Fsp3) is 0.923. The van der Waals surface area contributed by atoms with E-state index in [1.807, 2.05) is 0 Å². The van der Waals surface area contributed by atoms with Crippen LogP contribution in [0.15, 0.2) is 0 Å². The van der Waals surface area contributed by atoms with Crippen molar-refractivity contribution >= 4 is 5.78 Å². The second-order valence-corrected chi connectivity index (χ2v) is 5.51. The number of ether oxygens (including phenoxy) is 1. The third-order valence-corrected chi connectivity index (χ3v) is 4.61. The van der Waals surface area contributed by atoms with Crippen LogP contribution >= 0.6 is 0 Å². The Labute approximate surface area is 91.4 Å². The number of hydrogen-bond donors (Lipinski definition) is 0. The van der Waals surface area contributed by atoms with Crippen LogP contribution in [-0.2, 0) is 9.53 Å². The lowest BCUT2D eigenvalue weighted by Crippen LogP contribution is -2.20. The summed E-state index contributed by atoms with van der Waals surface area (Å²) in [6.07, 6.45) is 7.09. The molecule has 3 aliphatic rings. The van der Waals surface area contributed by atoms with Crippen LogP contribution in [0.1, 0.15) is 38.5 Å². The minimum Gasteiger partial charge on any atom is -0.381 e. The van der Waals surface area contributed by atoms with Crippen molar-refractivity contribution in [1.29, 1.82) is 0 Å². The number of carbonyl (C=O) groups excluding carboxylic acids is 1. The van der Waals surface area contributed by atoms with Crippen molar-refractivity contribution in [1.82, 2.24) is 0 Å². The average molecular weight is 208 g/mol. The molecule has 0 bridgehead atoms. The smallest absolute Gasteiger partial charge is 0.136 e. The zero-order chi connectivity index (χ0) is 10.3. The number of rotatable bonds is 3. The van der Waals surface area contributed by atoms with Gasteiger partial charge in [0.05, 0.1) is 0 Å². The molecule has 3 fully saturated rings. The largest absolute Gasteiger partial charge is 0.381 e. The van der Waals surface area contributed by atoms with Crippen LogP contribution in [0.2, 0.25) is 0 Å². The van der Waals surface area contributed by atoms with Gasteiger partial charge in [-0.05, 0) is 43.4 Å². The molecular formula is C13H20O2. The van der Waals surface area contributed by atoms with Gasteiger partial charge in [-0.1, -0.05) is 6.42 Å². The quantitative estimate of drug-likeness (QED) is 0.712. The SMILES string of the molecule is O=C(CC1CCOCC1)C1C2CCCC21.